The molecule has 2 aromatic carbocycles. The predicted molar refractivity (Wildman–Crippen MR) is 93.1 cm³/mol. The molecule has 4 nitrogen and oxygen atoms in total. The fraction of sp³-hybridized carbons (Fsp3) is 0.211. The molecule has 4 heteroatoms. The van der Waals surface area contributed by atoms with Crippen molar-refractivity contribution in [2.24, 2.45) is 0 Å². The lowest BCUT2D eigenvalue weighted by Crippen LogP contribution is -2.09. The highest BCUT2D eigenvalue weighted by Gasteiger charge is 2.07. The van der Waals surface area contributed by atoms with Crippen molar-refractivity contribution in [3.05, 3.63) is 59.2 Å². The third kappa shape index (κ3) is 4.13. The van der Waals surface area contributed by atoms with Gasteiger partial charge >= 0.3 is 0 Å². The van der Waals surface area contributed by atoms with Crippen LogP contribution in [-0.2, 0) is 4.79 Å². The first-order valence-electron chi connectivity index (χ1n) is 7.32. The average Bonchev–Trinajstić information content (AvgIpc) is 2.55. The number of para-hydroxylation sites is 1. The summed E-state index contributed by atoms with van der Waals surface area (Å²) in [7, 11) is 3.16. The summed E-state index contributed by atoms with van der Waals surface area (Å²) in [6.07, 6.45) is 3.19. The zero-order valence-electron chi connectivity index (χ0n) is 13.8. The van der Waals surface area contributed by atoms with Gasteiger partial charge in [-0.2, -0.15) is 0 Å². The van der Waals surface area contributed by atoms with Crippen LogP contribution in [0.3, 0.4) is 0 Å². The topological polar surface area (TPSA) is 47.6 Å². The molecule has 1 N–H and O–H groups in total. The molecule has 0 unspecified atom stereocenters. The summed E-state index contributed by atoms with van der Waals surface area (Å²) in [6.45, 7) is 3.99. The molecule has 0 aromatic heterocycles. The van der Waals surface area contributed by atoms with E-state index in [1.54, 1.807) is 20.3 Å². The number of benzene rings is 2. The number of hydrogen-bond acceptors (Lipinski definition) is 3. The first-order chi connectivity index (χ1) is 11.0. The third-order valence-electron chi connectivity index (χ3n) is 3.49. The number of hydrogen-bond donors (Lipinski definition) is 1. The van der Waals surface area contributed by atoms with Gasteiger partial charge in [0.05, 0.1) is 14.2 Å². The van der Waals surface area contributed by atoms with Gasteiger partial charge in [-0.15, -0.1) is 0 Å². The molecule has 0 saturated carbocycles. The van der Waals surface area contributed by atoms with Crippen LogP contribution >= 0.6 is 0 Å². The molecule has 0 spiro atoms. The molecular weight excluding hydrogens is 290 g/mol. The van der Waals surface area contributed by atoms with Crippen molar-refractivity contribution < 1.29 is 14.3 Å². The molecule has 0 radical (unpaired) electrons. The largest absolute Gasteiger partial charge is 0.493 e. The Morgan fingerprint density at radius 1 is 1.09 bits per heavy atom. The lowest BCUT2D eigenvalue weighted by Gasteiger charge is -2.10. The smallest absolute Gasteiger partial charge is 0.248 e. The van der Waals surface area contributed by atoms with Crippen LogP contribution in [0.25, 0.3) is 6.08 Å². The van der Waals surface area contributed by atoms with E-state index >= 15 is 0 Å². The van der Waals surface area contributed by atoms with Gasteiger partial charge in [-0.1, -0.05) is 29.8 Å². The highest BCUT2D eigenvalue weighted by molar-refractivity contribution is 6.02. The van der Waals surface area contributed by atoms with E-state index in [2.05, 4.69) is 5.32 Å². The molecule has 1 amide bonds. The standard InChI is InChI=1S/C19H21NO3/c1-13-8-10-16(14(2)12-13)20-18(21)11-9-15-6-5-7-17(22-3)19(15)23-4/h5-12H,1-4H3,(H,20,21)/b11-9+. The number of carbonyl (C=O) groups excluding carboxylic acids is 1. The number of rotatable bonds is 5. The van der Waals surface area contributed by atoms with Crippen molar-refractivity contribution in [1.82, 2.24) is 0 Å². The molecule has 0 aliphatic carbocycles. The Hall–Kier alpha value is -2.75. The van der Waals surface area contributed by atoms with Gasteiger partial charge in [-0.25, -0.2) is 0 Å². The summed E-state index contributed by atoms with van der Waals surface area (Å²) in [5, 5.41) is 2.88. The highest BCUT2D eigenvalue weighted by Crippen LogP contribution is 2.31. The summed E-state index contributed by atoms with van der Waals surface area (Å²) in [5.41, 5.74) is 3.79. The SMILES string of the molecule is COc1cccc(/C=C/C(=O)Nc2ccc(C)cc2C)c1OC. The lowest BCUT2D eigenvalue weighted by atomic mass is 10.1. The molecule has 23 heavy (non-hydrogen) atoms. The van der Waals surface area contributed by atoms with Crippen molar-refractivity contribution in [2.45, 2.75) is 13.8 Å². The summed E-state index contributed by atoms with van der Waals surface area (Å²) in [5.74, 6) is 1.04. The maximum absolute atomic E-state index is 12.1. The third-order valence-corrected chi connectivity index (χ3v) is 3.49. The van der Waals surface area contributed by atoms with E-state index in [1.165, 1.54) is 6.08 Å². The van der Waals surface area contributed by atoms with E-state index in [-0.39, 0.29) is 5.91 Å². The average molecular weight is 311 g/mol. The molecule has 0 fully saturated rings. The van der Waals surface area contributed by atoms with Crippen molar-refractivity contribution in [3.8, 4) is 11.5 Å². The maximum atomic E-state index is 12.1. The summed E-state index contributed by atoms with van der Waals surface area (Å²) >= 11 is 0. The maximum Gasteiger partial charge on any atom is 0.248 e. The van der Waals surface area contributed by atoms with Crippen molar-refractivity contribution in [3.63, 3.8) is 0 Å². The second kappa shape index (κ2) is 7.49. The number of ether oxygens (including phenoxy) is 2. The quantitative estimate of drug-likeness (QED) is 0.850. The fourth-order valence-electron chi connectivity index (χ4n) is 2.34. The molecule has 0 atom stereocenters. The Morgan fingerprint density at radius 2 is 1.87 bits per heavy atom. The second-order valence-electron chi connectivity index (χ2n) is 5.22. The minimum Gasteiger partial charge on any atom is -0.493 e. The van der Waals surface area contributed by atoms with E-state index in [9.17, 15) is 4.79 Å². The van der Waals surface area contributed by atoms with Crippen LogP contribution in [0.2, 0.25) is 0 Å². The van der Waals surface area contributed by atoms with E-state index in [0.29, 0.717) is 11.5 Å². The van der Waals surface area contributed by atoms with Gasteiger partial charge in [0.2, 0.25) is 5.91 Å². The normalized spacial score (nSPS) is 10.6. The van der Waals surface area contributed by atoms with Gasteiger partial charge in [0.25, 0.3) is 0 Å². The van der Waals surface area contributed by atoms with Gasteiger partial charge in [0.15, 0.2) is 11.5 Å². The molecule has 0 aliphatic heterocycles. The molecule has 0 bridgehead atoms. The van der Waals surface area contributed by atoms with E-state index in [1.807, 2.05) is 50.2 Å². The monoisotopic (exact) mass is 311 g/mol. The van der Waals surface area contributed by atoms with Crippen molar-refractivity contribution >= 4 is 17.7 Å². The van der Waals surface area contributed by atoms with Crippen LogP contribution in [0, 0.1) is 13.8 Å². The predicted octanol–water partition coefficient (Wildman–Crippen LogP) is 3.97. The van der Waals surface area contributed by atoms with Gasteiger partial charge < -0.3 is 14.8 Å². The van der Waals surface area contributed by atoms with Crippen LogP contribution in [-0.4, -0.2) is 20.1 Å². The van der Waals surface area contributed by atoms with Gasteiger partial charge in [0.1, 0.15) is 0 Å². The first-order valence-corrected chi connectivity index (χ1v) is 7.32. The highest BCUT2D eigenvalue weighted by atomic mass is 16.5. The molecular formula is C19H21NO3. The zero-order valence-corrected chi connectivity index (χ0v) is 13.8. The number of anilines is 1. The molecule has 2 aromatic rings. The van der Waals surface area contributed by atoms with E-state index in [0.717, 1.165) is 22.4 Å². The Labute approximate surface area is 136 Å². The number of carbonyl (C=O) groups is 1. The molecule has 0 saturated heterocycles. The number of methoxy groups -OCH3 is 2. The Bertz CT molecular complexity index is 735. The van der Waals surface area contributed by atoms with Gasteiger partial charge in [0, 0.05) is 17.3 Å². The van der Waals surface area contributed by atoms with Crippen molar-refractivity contribution in [2.75, 3.05) is 19.5 Å². The zero-order chi connectivity index (χ0) is 16.8. The number of nitrogens with one attached hydrogen (secondary N) is 1. The van der Waals surface area contributed by atoms with Crippen LogP contribution in [0.5, 0.6) is 11.5 Å². The summed E-state index contributed by atoms with van der Waals surface area (Å²) in [4.78, 5) is 12.1. The second-order valence-corrected chi connectivity index (χ2v) is 5.22. The van der Waals surface area contributed by atoms with Gasteiger partial charge in [-0.3, -0.25) is 4.79 Å². The molecule has 120 valence electrons. The number of aryl methyl sites for hydroxylation is 2. The molecule has 0 heterocycles. The van der Waals surface area contributed by atoms with E-state index < -0.39 is 0 Å². The molecule has 2 rings (SSSR count). The minimum absolute atomic E-state index is 0.193. The Morgan fingerprint density at radius 3 is 2.52 bits per heavy atom. The Kier molecular flexibility index (Phi) is 5.41. The Balaban J connectivity index is 2.15. The summed E-state index contributed by atoms with van der Waals surface area (Å²) in [6, 6.07) is 11.4. The fourth-order valence-corrected chi connectivity index (χ4v) is 2.34. The minimum atomic E-state index is -0.193. The summed E-state index contributed by atoms with van der Waals surface area (Å²) < 4.78 is 10.6. The van der Waals surface area contributed by atoms with Gasteiger partial charge in [-0.05, 0) is 37.6 Å². The first kappa shape index (κ1) is 16.6. The van der Waals surface area contributed by atoms with Crippen LogP contribution in [0.1, 0.15) is 16.7 Å². The number of amides is 1. The molecule has 0 aliphatic rings. The van der Waals surface area contributed by atoms with Crippen molar-refractivity contribution in [1.29, 1.82) is 0 Å². The van der Waals surface area contributed by atoms with E-state index in [4.69, 9.17) is 9.47 Å². The van der Waals surface area contributed by atoms with Crippen LogP contribution in [0.4, 0.5) is 5.69 Å². The lowest BCUT2D eigenvalue weighted by molar-refractivity contribution is -0.111. The van der Waals surface area contributed by atoms with Crippen LogP contribution < -0.4 is 14.8 Å². The van der Waals surface area contributed by atoms with Crippen LogP contribution in [0.15, 0.2) is 42.5 Å².